The van der Waals surface area contributed by atoms with Gasteiger partial charge in [-0.3, -0.25) is 0 Å². The van der Waals surface area contributed by atoms with Gasteiger partial charge in [0.1, 0.15) is 4.83 Å². The van der Waals surface area contributed by atoms with Gasteiger partial charge in [-0.05, 0) is 18.8 Å². The minimum Gasteiger partial charge on any atom is -0.197 e. The number of nitrogens with zero attached hydrogens (tertiary/aromatic N) is 1. The highest BCUT2D eigenvalue weighted by Crippen LogP contribution is 2.32. The minimum absolute atomic E-state index is 0.122. The Hall–Kier alpha value is -0.0300. The second-order valence-corrected chi connectivity index (χ2v) is 3.21. The first kappa shape index (κ1) is 6.10. The third-order valence-electron chi connectivity index (χ3n) is 1.69. The molecule has 0 aliphatic heterocycles. The third-order valence-corrected chi connectivity index (χ3v) is 2.64. The van der Waals surface area contributed by atoms with Crippen LogP contribution in [0.25, 0.3) is 0 Å². The number of alkyl halides is 1. The summed E-state index contributed by atoms with van der Waals surface area (Å²) in [4.78, 5) is 0.122. The fourth-order valence-corrected chi connectivity index (χ4v) is 1.37. The van der Waals surface area contributed by atoms with E-state index in [1.54, 1.807) is 0 Å². The molecule has 1 aliphatic carbocycles. The molecule has 1 saturated carbocycles. The predicted octanol–water partition coefficient (Wildman–Crippen LogP) is 2.07. The van der Waals surface area contributed by atoms with E-state index >= 15 is 0 Å². The topological polar surface area (TPSA) is 23.8 Å². The van der Waals surface area contributed by atoms with Crippen LogP contribution in [0, 0.1) is 17.2 Å². The van der Waals surface area contributed by atoms with Gasteiger partial charge in [-0.15, -0.1) is 0 Å². The molecule has 0 N–H and O–H groups in total. The van der Waals surface area contributed by atoms with Crippen LogP contribution in [0.3, 0.4) is 0 Å². The smallest absolute Gasteiger partial charge is 0.104 e. The van der Waals surface area contributed by atoms with Gasteiger partial charge >= 0.3 is 0 Å². The Morgan fingerprint density at radius 3 is 2.38 bits per heavy atom. The molecule has 1 unspecified atom stereocenters. The van der Waals surface area contributed by atoms with Crippen LogP contribution in [0.1, 0.15) is 19.3 Å². The second-order valence-electron chi connectivity index (χ2n) is 2.22. The lowest BCUT2D eigenvalue weighted by atomic mass is 9.83. The summed E-state index contributed by atoms with van der Waals surface area (Å²) in [7, 11) is 0. The first-order chi connectivity index (χ1) is 3.84. The van der Waals surface area contributed by atoms with E-state index in [1.807, 2.05) is 0 Å². The Bertz CT molecular complexity index is 112. The van der Waals surface area contributed by atoms with Crippen LogP contribution in [-0.2, 0) is 0 Å². The average Bonchev–Trinajstić information content (AvgIpc) is 1.62. The van der Waals surface area contributed by atoms with E-state index in [9.17, 15) is 0 Å². The van der Waals surface area contributed by atoms with Crippen LogP contribution in [0.2, 0.25) is 0 Å². The summed E-state index contributed by atoms with van der Waals surface area (Å²) in [5.74, 6) is 0.653. The van der Waals surface area contributed by atoms with Crippen LogP contribution in [0.4, 0.5) is 0 Å². The van der Waals surface area contributed by atoms with Crippen LogP contribution < -0.4 is 0 Å². The van der Waals surface area contributed by atoms with Crippen LogP contribution in [0.15, 0.2) is 0 Å². The third kappa shape index (κ3) is 1.03. The molecule has 0 aromatic carbocycles. The number of rotatable bonds is 1. The van der Waals surface area contributed by atoms with Crippen molar-refractivity contribution in [3.63, 3.8) is 0 Å². The molecular weight excluding hydrogens is 166 g/mol. The lowest BCUT2D eigenvalue weighted by Crippen LogP contribution is -2.20. The molecule has 1 nitrogen and oxygen atoms in total. The number of hydrogen-bond donors (Lipinski definition) is 0. The zero-order valence-corrected chi connectivity index (χ0v) is 6.19. The molecule has 0 aromatic heterocycles. The highest BCUT2D eigenvalue weighted by atomic mass is 79.9. The SMILES string of the molecule is N#CC(Br)C1CCC1. The van der Waals surface area contributed by atoms with Crippen molar-refractivity contribution in [2.75, 3.05) is 0 Å². The summed E-state index contributed by atoms with van der Waals surface area (Å²) in [6, 6.07) is 2.18. The summed E-state index contributed by atoms with van der Waals surface area (Å²) in [5, 5.41) is 8.37. The molecule has 0 radical (unpaired) electrons. The first-order valence-electron chi connectivity index (χ1n) is 2.88. The molecule has 44 valence electrons. The molecule has 0 aromatic rings. The number of nitriles is 1. The van der Waals surface area contributed by atoms with Crippen LogP contribution in [0.5, 0.6) is 0 Å². The lowest BCUT2D eigenvalue weighted by Gasteiger charge is -2.25. The van der Waals surface area contributed by atoms with Gasteiger partial charge in [0.25, 0.3) is 0 Å². The normalized spacial score (nSPS) is 23.5. The maximum absolute atomic E-state index is 8.37. The molecule has 8 heavy (non-hydrogen) atoms. The van der Waals surface area contributed by atoms with E-state index in [2.05, 4.69) is 22.0 Å². The molecule has 1 aliphatic rings. The zero-order chi connectivity index (χ0) is 5.98. The summed E-state index contributed by atoms with van der Waals surface area (Å²) in [6.07, 6.45) is 3.79. The van der Waals surface area contributed by atoms with Crippen molar-refractivity contribution in [2.45, 2.75) is 24.1 Å². The van der Waals surface area contributed by atoms with E-state index in [0.29, 0.717) is 5.92 Å². The zero-order valence-electron chi connectivity index (χ0n) is 4.60. The fourth-order valence-electron chi connectivity index (χ4n) is 0.838. The maximum Gasteiger partial charge on any atom is 0.104 e. The maximum atomic E-state index is 8.37. The van der Waals surface area contributed by atoms with Crippen molar-refractivity contribution < 1.29 is 0 Å². The molecule has 0 heterocycles. The summed E-state index contributed by atoms with van der Waals surface area (Å²) in [6.45, 7) is 0. The molecule has 0 bridgehead atoms. The van der Waals surface area contributed by atoms with E-state index in [0.717, 1.165) is 0 Å². The monoisotopic (exact) mass is 173 g/mol. The van der Waals surface area contributed by atoms with Gasteiger partial charge in [0, 0.05) is 0 Å². The van der Waals surface area contributed by atoms with E-state index in [-0.39, 0.29) is 4.83 Å². The number of halogens is 1. The minimum atomic E-state index is 0.122. The van der Waals surface area contributed by atoms with Crippen molar-refractivity contribution in [1.29, 1.82) is 5.26 Å². The Morgan fingerprint density at radius 1 is 1.62 bits per heavy atom. The van der Waals surface area contributed by atoms with Crippen molar-refractivity contribution in [2.24, 2.45) is 5.92 Å². The quantitative estimate of drug-likeness (QED) is 0.558. The van der Waals surface area contributed by atoms with Gasteiger partial charge in [-0.2, -0.15) is 5.26 Å². The summed E-state index contributed by atoms with van der Waals surface area (Å²) < 4.78 is 0. The highest BCUT2D eigenvalue weighted by Gasteiger charge is 2.24. The molecule has 1 fully saturated rings. The highest BCUT2D eigenvalue weighted by molar-refractivity contribution is 9.09. The molecule has 0 saturated heterocycles. The second kappa shape index (κ2) is 2.50. The summed E-state index contributed by atoms with van der Waals surface area (Å²) in [5.41, 5.74) is 0. The Morgan fingerprint density at radius 2 is 2.25 bits per heavy atom. The number of hydrogen-bond acceptors (Lipinski definition) is 1. The Labute approximate surface area is 57.8 Å². The molecule has 1 atom stereocenters. The van der Waals surface area contributed by atoms with Crippen molar-refractivity contribution in [1.82, 2.24) is 0 Å². The van der Waals surface area contributed by atoms with E-state index in [4.69, 9.17) is 5.26 Å². The van der Waals surface area contributed by atoms with Crippen molar-refractivity contribution in [3.8, 4) is 6.07 Å². The standard InChI is InChI=1S/C6H8BrN/c7-6(4-8)5-2-1-3-5/h5-6H,1-3H2. The molecule has 0 spiro atoms. The largest absolute Gasteiger partial charge is 0.197 e. The van der Waals surface area contributed by atoms with Gasteiger partial charge < -0.3 is 0 Å². The average molecular weight is 174 g/mol. The van der Waals surface area contributed by atoms with E-state index in [1.165, 1.54) is 19.3 Å². The van der Waals surface area contributed by atoms with Gasteiger partial charge in [0.15, 0.2) is 0 Å². The van der Waals surface area contributed by atoms with Crippen LogP contribution >= 0.6 is 15.9 Å². The van der Waals surface area contributed by atoms with Crippen LogP contribution in [-0.4, -0.2) is 4.83 Å². The van der Waals surface area contributed by atoms with Gasteiger partial charge in [-0.1, -0.05) is 22.4 Å². The van der Waals surface area contributed by atoms with Gasteiger partial charge in [0.05, 0.1) is 6.07 Å². The van der Waals surface area contributed by atoms with Gasteiger partial charge in [-0.25, -0.2) is 0 Å². The molecule has 0 amide bonds. The summed E-state index contributed by atoms with van der Waals surface area (Å²) >= 11 is 3.29. The first-order valence-corrected chi connectivity index (χ1v) is 3.80. The fraction of sp³-hybridized carbons (Fsp3) is 0.833. The molecular formula is C6H8BrN. The van der Waals surface area contributed by atoms with E-state index < -0.39 is 0 Å². The molecule has 2 heteroatoms. The Kier molecular flexibility index (Phi) is 1.90. The van der Waals surface area contributed by atoms with Crippen molar-refractivity contribution >= 4 is 15.9 Å². The van der Waals surface area contributed by atoms with Gasteiger partial charge in [0.2, 0.25) is 0 Å². The molecule has 1 rings (SSSR count). The predicted molar refractivity (Wildman–Crippen MR) is 35.7 cm³/mol. The van der Waals surface area contributed by atoms with Crippen molar-refractivity contribution in [3.05, 3.63) is 0 Å². The lowest BCUT2D eigenvalue weighted by molar-refractivity contribution is 0.332. The Balaban J connectivity index is 2.26.